The molecule has 1 saturated carbocycles. The van der Waals surface area contributed by atoms with Crippen molar-refractivity contribution in [1.82, 2.24) is 10.2 Å². The number of Topliss-reactive ketones (excluding diaryl/α,β-unsaturated/α-hetero) is 2. The second-order valence-corrected chi connectivity index (χ2v) is 11.3. The van der Waals surface area contributed by atoms with Crippen molar-refractivity contribution in [2.45, 2.75) is 43.9 Å². The van der Waals surface area contributed by atoms with Crippen molar-refractivity contribution >= 4 is 34.9 Å². The third kappa shape index (κ3) is 4.73. The SMILES string of the molecule is CN(C)c1cc(CNCCCC(=O)O)c(O)c2c1C[C@H]1C[C@H]3[C@H](N(C)C)C(=O)C(C(N)=O)=C(O)[C@@]3(O)C(=O)C1=C2O. The van der Waals surface area contributed by atoms with Gasteiger partial charge in [-0.05, 0) is 57.5 Å². The average Bonchev–Trinajstić information content (AvgIpc) is 2.86. The van der Waals surface area contributed by atoms with E-state index in [2.05, 4.69) is 5.32 Å². The number of aromatic hydroxyl groups is 1. The summed E-state index contributed by atoms with van der Waals surface area (Å²) in [5.41, 5.74) is 3.21. The van der Waals surface area contributed by atoms with Crippen LogP contribution in [0.25, 0.3) is 5.76 Å². The molecule has 0 saturated heterocycles. The van der Waals surface area contributed by atoms with E-state index in [0.29, 0.717) is 29.8 Å². The summed E-state index contributed by atoms with van der Waals surface area (Å²) in [7, 11) is 6.67. The first-order chi connectivity index (χ1) is 19.1. The number of carboxylic acid groups (broad SMARTS) is 1. The van der Waals surface area contributed by atoms with Gasteiger partial charge >= 0.3 is 5.97 Å². The first-order valence-corrected chi connectivity index (χ1v) is 13.3. The van der Waals surface area contributed by atoms with Gasteiger partial charge in [0.25, 0.3) is 5.91 Å². The van der Waals surface area contributed by atoms with Crippen LogP contribution in [0.5, 0.6) is 5.75 Å². The van der Waals surface area contributed by atoms with Crippen molar-refractivity contribution in [3.05, 3.63) is 39.7 Å². The topological polar surface area (TPSA) is 214 Å². The quantitative estimate of drug-likeness (QED) is 0.154. The summed E-state index contributed by atoms with van der Waals surface area (Å²) in [5, 5.41) is 57.4. The van der Waals surface area contributed by atoms with E-state index in [1.165, 1.54) is 4.90 Å². The van der Waals surface area contributed by atoms with Crippen LogP contribution < -0.4 is 16.0 Å². The fourth-order valence-corrected chi connectivity index (χ4v) is 6.47. The van der Waals surface area contributed by atoms with Gasteiger partial charge < -0.3 is 41.5 Å². The lowest BCUT2D eigenvalue weighted by atomic mass is 9.57. The summed E-state index contributed by atoms with van der Waals surface area (Å²) in [6.45, 7) is 0.505. The fourth-order valence-electron chi connectivity index (χ4n) is 6.47. The van der Waals surface area contributed by atoms with Gasteiger partial charge in [-0.1, -0.05) is 0 Å². The predicted molar refractivity (Wildman–Crippen MR) is 147 cm³/mol. The number of aliphatic hydroxyl groups is 3. The van der Waals surface area contributed by atoms with Crippen molar-refractivity contribution in [2.75, 3.05) is 39.6 Å². The summed E-state index contributed by atoms with van der Waals surface area (Å²) < 4.78 is 0. The Morgan fingerprint density at radius 1 is 1.15 bits per heavy atom. The maximum absolute atomic E-state index is 14.0. The lowest BCUT2D eigenvalue weighted by Crippen LogP contribution is -2.65. The molecule has 222 valence electrons. The molecule has 1 amide bonds. The number of nitrogens with one attached hydrogen (secondary N) is 1. The van der Waals surface area contributed by atoms with E-state index in [0.717, 1.165) is 0 Å². The van der Waals surface area contributed by atoms with Gasteiger partial charge in [0.1, 0.15) is 22.8 Å². The van der Waals surface area contributed by atoms with Gasteiger partial charge in [-0.2, -0.15) is 0 Å². The van der Waals surface area contributed by atoms with Crippen LogP contribution in [-0.4, -0.2) is 100 Å². The number of hydrogen-bond acceptors (Lipinski definition) is 11. The Labute approximate surface area is 236 Å². The summed E-state index contributed by atoms with van der Waals surface area (Å²) in [4.78, 5) is 53.4. The summed E-state index contributed by atoms with van der Waals surface area (Å²) in [5.74, 6) is -7.88. The van der Waals surface area contributed by atoms with Crippen LogP contribution in [0.1, 0.15) is 36.0 Å². The number of nitrogens with zero attached hydrogens (tertiary/aromatic N) is 2. The first-order valence-electron chi connectivity index (χ1n) is 13.3. The second-order valence-electron chi connectivity index (χ2n) is 11.3. The highest BCUT2D eigenvalue weighted by Crippen LogP contribution is 2.54. The molecule has 13 nitrogen and oxygen atoms in total. The number of phenols is 1. The molecule has 0 aromatic heterocycles. The van der Waals surface area contributed by atoms with Crippen LogP contribution in [0.4, 0.5) is 5.69 Å². The Morgan fingerprint density at radius 2 is 1.80 bits per heavy atom. The van der Waals surface area contributed by atoms with Crippen molar-refractivity contribution in [1.29, 1.82) is 0 Å². The first kappa shape index (κ1) is 30.0. The molecule has 0 unspecified atom stereocenters. The molecule has 0 aliphatic heterocycles. The van der Waals surface area contributed by atoms with Crippen molar-refractivity contribution in [2.24, 2.45) is 17.6 Å². The summed E-state index contributed by atoms with van der Waals surface area (Å²) in [6.07, 6.45) is 0.535. The van der Waals surface area contributed by atoms with Crippen molar-refractivity contribution < 1.29 is 44.7 Å². The number of anilines is 1. The van der Waals surface area contributed by atoms with Gasteiger partial charge in [0.2, 0.25) is 5.78 Å². The minimum Gasteiger partial charge on any atom is -0.508 e. The van der Waals surface area contributed by atoms with Gasteiger partial charge in [-0.15, -0.1) is 0 Å². The minimum absolute atomic E-state index is 0.00623. The van der Waals surface area contributed by atoms with Gasteiger partial charge in [0.15, 0.2) is 11.4 Å². The monoisotopic (exact) mass is 572 g/mol. The Hall–Kier alpha value is -3.94. The molecule has 41 heavy (non-hydrogen) atoms. The third-order valence-corrected chi connectivity index (χ3v) is 8.32. The van der Waals surface area contributed by atoms with Crippen LogP contribution in [0, 0.1) is 11.8 Å². The number of aliphatic hydroxyl groups excluding tert-OH is 2. The second kappa shape index (κ2) is 10.8. The molecule has 13 heteroatoms. The number of aliphatic carboxylic acids is 1. The molecule has 3 aliphatic rings. The molecule has 4 atom stereocenters. The van der Waals surface area contributed by atoms with Gasteiger partial charge in [0, 0.05) is 49.8 Å². The van der Waals surface area contributed by atoms with Crippen LogP contribution in [0.15, 0.2) is 23.0 Å². The van der Waals surface area contributed by atoms with Crippen LogP contribution >= 0.6 is 0 Å². The number of phenolic OH excluding ortho intramolecular Hbond substituents is 1. The molecule has 8 N–H and O–H groups in total. The molecular weight excluding hydrogens is 536 g/mol. The van der Waals surface area contributed by atoms with E-state index in [9.17, 15) is 39.6 Å². The zero-order chi connectivity index (χ0) is 30.5. The Kier molecular flexibility index (Phi) is 7.91. The Bertz CT molecular complexity index is 1400. The number of ketones is 2. The number of benzene rings is 1. The van der Waals surface area contributed by atoms with Gasteiger partial charge in [-0.3, -0.25) is 24.1 Å². The number of fused-ring (bicyclic) bond motifs is 3. The number of rotatable bonds is 9. The van der Waals surface area contributed by atoms with Crippen molar-refractivity contribution in [3.8, 4) is 5.75 Å². The molecule has 0 spiro atoms. The van der Waals surface area contributed by atoms with Crippen LogP contribution in [-0.2, 0) is 32.1 Å². The average molecular weight is 573 g/mol. The third-order valence-electron chi connectivity index (χ3n) is 8.32. The van der Waals surface area contributed by atoms with E-state index >= 15 is 0 Å². The number of nitrogens with two attached hydrogens (primary N) is 1. The van der Waals surface area contributed by atoms with E-state index < -0.39 is 64.0 Å². The number of carboxylic acids is 1. The molecule has 3 aliphatic carbocycles. The summed E-state index contributed by atoms with van der Waals surface area (Å²) >= 11 is 0. The molecule has 1 aromatic carbocycles. The van der Waals surface area contributed by atoms with Crippen LogP contribution in [0.3, 0.4) is 0 Å². The highest BCUT2D eigenvalue weighted by molar-refractivity contribution is 6.24. The molecule has 4 rings (SSSR count). The number of amides is 1. The van der Waals surface area contributed by atoms with Crippen LogP contribution in [0.2, 0.25) is 0 Å². The Morgan fingerprint density at radius 3 is 2.37 bits per heavy atom. The normalized spacial score (nSPS) is 25.7. The maximum atomic E-state index is 14.0. The van der Waals surface area contributed by atoms with Gasteiger partial charge in [0.05, 0.1) is 11.6 Å². The van der Waals surface area contributed by atoms with E-state index in [1.54, 1.807) is 39.2 Å². The highest BCUT2D eigenvalue weighted by Gasteiger charge is 2.64. The number of likely N-dealkylation sites (N-methyl/N-ethyl adjacent to an activating group) is 1. The largest absolute Gasteiger partial charge is 0.508 e. The Balaban J connectivity index is 1.85. The van der Waals surface area contributed by atoms with Crippen molar-refractivity contribution in [3.63, 3.8) is 0 Å². The summed E-state index contributed by atoms with van der Waals surface area (Å²) in [6, 6.07) is 0.599. The zero-order valence-corrected chi connectivity index (χ0v) is 23.4. The van der Waals surface area contributed by atoms with E-state index in [4.69, 9.17) is 10.8 Å². The highest BCUT2D eigenvalue weighted by atomic mass is 16.4. The molecule has 1 aromatic rings. The van der Waals surface area contributed by atoms with Gasteiger partial charge in [-0.25, -0.2) is 0 Å². The number of hydrogen-bond donors (Lipinski definition) is 7. The molecule has 0 bridgehead atoms. The number of carbonyl (C=O) groups is 4. The lowest BCUT2D eigenvalue weighted by molar-refractivity contribution is -0.153. The zero-order valence-electron chi connectivity index (χ0n) is 23.4. The van der Waals surface area contributed by atoms with E-state index in [1.807, 2.05) is 0 Å². The fraction of sp³-hybridized carbons (Fsp3) is 0.500. The standard InChI is InChI=1S/C28H36N4O9/c1-31(2)16-10-13(11-30-7-5-6-17(33)34)22(35)19-14(16)8-12-9-15-21(32(3)4)24(37)20(27(29)40)26(39)28(15,41)25(38)18(12)23(19)36/h10,12,15,21,30,35-36,39,41H,5-9,11H2,1-4H3,(H2,29,40)(H,33,34)/t12-,15-,21-,28-/m0/s1. The predicted octanol–water partition coefficient (Wildman–Crippen LogP) is -0.0156. The van der Waals surface area contributed by atoms with E-state index in [-0.39, 0.29) is 42.7 Å². The minimum atomic E-state index is -2.70. The molecule has 0 heterocycles. The lowest BCUT2D eigenvalue weighted by Gasteiger charge is -2.50. The number of carbonyl (C=O) groups excluding carboxylic acids is 3. The maximum Gasteiger partial charge on any atom is 0.303 e. The molecule has 1 fully saturated rings. The number of primary amides is 1. The smallest absolute Gasteiger partial charge is 0.303 e. The molecule has 0 radical (unpaired) electrons. The molecular formula is C28H36N4O9.